The van der Waals surface area contributed by atoms with E-state index in [0.717, 1.165) is 25.2 Å². The fraction of sp³-hybridized carbons (Fsp3) is 0.364. The van der Waals surface area contributed by atoms with Crippen molar-refractivity contribution in [2.45, 2.75) is 12.4 Å². The Labute approximate surface area is 110 Å². The van der Waals surface area contributed by atoms with Gasteiger partial charge < -0.3 is 10.2 Å². The van der Waals surface area contributed by atoms with Gasteiger partial charge in [0.2, 0.25) is 0 Å². The topological polar surface area (TPSA) is 32.3 Å². The summed E-state index contributed by atoms with van der Waals surface area (Å²) in [7, 11) is 0.832. The monoisotopic (exact) mass is 300 g/mol. The molecule has 0 fully saturated rings. The maximum atomic E-state index is 12.6. The smallest absolute Gasteiger partial charge is 0.318 e. The molecule has 0 aliphatic rings. The average Bonchev–Trinajstić information content (AvgIpc) is 2.25. The van der Waals surface area contributed by atoms with Crippen molar-refractivity contribution < 1.29 is 31.1 Å². The number of carbonyl (C=O) groups excluding carboxylic acids is 1. The Morgan fingerprint density at radius 1 is 1.15 bits per heavy atom. The number of rotatable bonds is 2. The van der Waals surface area contributed by atoms with Crippen molar-refractivity contribution in [2.24, 2.45) is 0 Å². The van der Waals surface area contributed by atoms with Gasteiger partial charge in [0.1, 0.15) is 6.54 Å². The van der Waals surface area contributed by atoms with E-state index < -0.39 is 36.2 Å². The van der Waals surface area contributed by atoms with Gasteiger partial charge in [-0.15, -0.1) is 0 Å². The van der Waals surface area contributed by atoms with E-state index in [4.69, 9.17) is 0 Å². The molecule has 0 aliphatic carbocycles. The summed E-state index contributed by atoms with van der Waals surface area (Å²) < 4.78 is 74.1. The summed E-state index contributed by atoms with van der Waals surface area (Å²) in [5, 5.41) is 1.81. The van der Waals surface area contributed by atoms with Crippen molar-refractivity contribution in [1.29, 1.82) is 0 Å². The van der Waals surface area contributed by atoms with Gasteiger partial charge in [-0.2, -0.15) is 26.3 Å². The number of urea groups is 1. The van der Waals surface area contributed by atoms with Crippen LogP contribution in [0.5, 0.6) is 0 Å². The second-order valence-corrected chi connectivity index (χ2v) is 3.94. The van der Waals surface area contributed by atoms with Crippen LogP contribution in [-0.2, 0) is 6.18 Å². The van der Waals surface area contributed by atoms with E-state index in [0.29, 0.717) is 0 Å². The molecule has 3 nitrogen and oxygen atoms in total. The molecule has 1 aromatic carbocycles. The lowest BCUT2D eigenvalue weighted by Gasteiger charge is -2.21. The third kappa shape index (κ3) is 4.63. The summed E-state index contributed by atoms with van der Waals surface area (Å²) >= 11 is 0. The van der Waals surface area contributed by atoms with Crippen molar-refractivity contribution in [3.05, 3.63) is 29.8 Å². The van der Waals surface area contributed by atoms with Gasteiger partial charge in [0.05, 0.1) is 11.3 Å². The van der Waals surface area contributed by atoms with Crippen LogP contribution in [0.4, 0.5) is 36.8 Å². The van der Waals surface area contributed by atoms with Crippen LogP contribution in [0.1, 0.15) is 5.56 Å². The number of hydrogen-bond acceptors (Lipinski definition) is 1. The van der Waals surface area contributed by atoms with Crippen LogP contribution in [0.25, 0.3) is 0 Å². The second kappa shape index (κ2) is 5.59. The highest BCUT2D eigenvalue weighted by atomic mass is 19.4. The first kappa shape index (κ1) is 16.1. The molecule has 0 unspecified atom stereocenters. The molecule has 0 spiro atoms. The lowest BCUT2D eigenvalue weighted by atomic mass is 10.1. The van der Waals surface area contributed by atoms with Crippen molar-refractivity contribution in [2.75, 3.05) is 18.9 Å². The SMILES string of the molecule is CN(CC(F)(F)F)C(=O)Nc1ccccc1C(F)(F)F. The zero-order valence-electron chi connectivity index (χ0n) is 10.1. The van der Waals surface area contributed by atoms with Crippen LogP contribution >= 0.6 is 0 Å². The lowest BCUT2D eigenvalue weighted by molar-refractivity contribution is -0.138. The molecule has 0 heterocycles. The van der Waals surface area contributed by atoms with Crippen LogP contribution in [0, 0.1) is 0 Å². The summed E-state index contributed by atoms with van der Waals surface area (Å²) in [5.41, 5.74) is -1.73. The fourth-order valence-corrected chi connectivity index (χ4v) is 1.39. The molecule has 1 rings (SSSR count). The quantitative estimate of drug-likeness (QED) is 0.829. The largest absolute Gasteiger partial charge is 0.418 e. The number of hydrogen-bond donors (Lipinski definition) is 1. The predicted molar refractivity (Wildman–Crippen MR) is 59.1 cm³/mol. The molecule has 20 heavy (non-hydrogen) atoms. The molecule has 1 aromatic rings. The molecule has 0 saturated carbocycles. The van der Waals surface area contributed by atoms with Gasteiger partial charge in [-0.05, 0) is 12.1 Å². The first-order valence-corrected chi connectivity index (χ1v) is 5.26. The highest BCUT2D eigenvalue weighted by Crippen LogP contribution is 2.34. The van der Waals surface area contributed by atoms with Crippen molar-refractivity contribution in [1.82, 2.24) is 4.90 Å². The van der Waals surface area contributed by atoms with E-state index in [2.05, 4.69) is 0 Å². The Balaban J connectivity index is 2.87. The number of amides is 2. The lowest BCUT2D eigenvalue weighted by Crippen LogP contribution is -2.38. The van der Waals surface area contributed by atoms with Gasteiger partial charge in [-0.3, -0.25) is 0 Å². The number of para-hydroxylation sites is 1. The number of carbonyl (C=O) groups is 1. The Kier molecular flexibility index (Phi) is 4.51. The molecule has 0 atom stereocenters. The standard InChI is InChI=1S/C11H10F6N2O/c1-19(6-10(12,13)14)9(20)18-8-5-3-2-4-7(8)11(15,16)17/h2-5H,6H2,1H3,(H,18,20). The number of halogens is 6. The molecule has 0 saturated heterocycles. The van der Waals surface area contributed by atoms with E-state index in [1.807, 2.05) is 0 Å². The second-order valence-electron chi connectivity index (χ2n) is 3.94. The molecule has 1 N–H and O–H groups in total. The Morgan fingerprint density at radius 2 is 1.70 bits per heavy atom. The summed E-state index contributed by atoms with van der Waals surface area (Å²) in [5.74, 6) is 0. The van der Waals surface area contributed by atoms with Crippen LogP contribution in [0.2, 0.25) is 0 Å². The predicted octanol–water partition coefficient (Wildman–Crippen LogP) is 3.73. The van der Waals surface area contributed by atoms with Crippen LogP contribution in [-0.4, -0.2) is 30.7 Å². The van der Waals surface area contributed by atoms with Gasteiger partial charge in [-0.1, -0.05) is 12.1 Å². The summed E-state index contributed by atoms with van der Waals surface area (Å²) in [6.45, 7) is -1.56. The van der Waals surface area contributed by atoms with Crippen molar-refractivity contribution in [3.63, 3.8) is 0 Å². The third-order valence-electron chi connectivity index (χ3n) is 2.24. The molecule has 0 aromatic heterocycles. The highest BCUT2D eigenvalue weighted by molar-refractivity contribution is 5.90. The molecule has 0 aliphatic heterocycles. The average molecular weight is 300 g/mol. The van der Waals surface area contributed by atoms with E-state index in [9.17, 15) is 31.1 Å². The maximum absolute atomic E-state index is 12.6. The van der Waals surface area contributed by atoms with E-state index >= 15 is 0 Å². The van der Waals surface area contributed by atoms with Gasteiger partial charge in [0.25, 0.3) is 0 Å². The Morgan fingerprint density at radius 3 is 2.20 bits per heavy atom. The number of alkyl halides is 6. The van der Waals surface area contributed by atoms with Gasteiger partial charge in [0.15, 0.2) is 0 Å². The molecule has 0 radical (unpaired) electrons. The van der Waals surface area contributed by atoms with E-state index in [1.54, 1.807) is 5.32 Å². The number of anilines is 1. The number of nitrogens with one attached hydrogen (secondary N) is 1. The van der Waals surface area contributed by atoms with Gasteiger partial charge in [-0.25, -0.2) is 4.79 Å². The first-order chi connectivity index (χ1) is 9.00. The van der Waals surface area contributed by atoms with Gasteiger partial charge in [0, 0.05) is 7.05 Å². The zero-order valence-corrected chi connectivity index (χ0v) is 10.1. The van der Waals surface area contributed by atoms with E-state index in [-0.39, 0.29) is 4.90 Å². The first-order valence-electron chi connectivity index (χ1n) is 5.26. The molecule has 0 bridgehead atoms. The van der Waals surface area contributed by atoms with Crippen LogP contribution in [0.3, 0.4) is 0 Å². The summed E-state index contributed by atoms with van der Waals surface area (Å²) in [6, 6.07) is 2.74. The minimum Gasteiger partial charge on any atom is -0.318 e. The third-order valence-corrected chi connectivity index (χ3v) is 2.24. The number of benzene rings is 1. The summed E-state index contributed by atoms with van der Waals surface area (Å²) in [6.07, 6.45) is -9.35. The van der Waals surface area contributed by atoms with Gasteiger partial charge >= 0.3 is 18.4 Å². The van der Waals surface area contributed by atoms with Crippen LogP contribution in [0.15, 0.2) is 24.3 Å². The van der Waals surface area contributed by atoms with Crippen molar-refractivity contribution >= 4 is 11.7 Å². The number of nitrogens with zero attached hydrogens (tertiary/aromatic N) is 1. The van der Waals surface area contributed by atoms with Crippen LogP contribution < -0.4 is 5.32 Å². The maximum Gasteiger partial charge on any atom is 0.418 e. The highest BCUT2D eigenvalue weighted by Gasteiger charge is 2.35. The fourth-order valence-electron chi connectivity index (χ4n) is 1.39. The Hall–Kier alpha value is -1.93. The molecule has 2 amide bonds. The molecular formula is C11H10F6N2O. The summed E-state index contributed by atoms with van der Waals surface area (Å²) in [4.78, 5) is 11.7. The van der Waals surface area contributed by atoms with E-state index in [1.165, 1.54) is 6.07 Å². The minimum absolute atomic E-state index is 0.243. The minimum atomic E-state index is -4.72. The molecule has 112 valence electrons. The Bertz CT molecular complexity index is 483. The molecule has 9 heteroatoms. The normalized spacial score (nSPS) is 12.2. The zero-order chi connectivity index (χ0) is 15.6. The molecular weight excluding hydrogens is 290 g/mol. The van der Waals surface area contributed by atoms with Crippen molar-refractivity contribution in [3.8, 4) is 0 Å².